The molecule has 0 heterocycles. The van der Waals surface area contributed by atoms with Crippen molar-refractivity contribution < 1.29 is 9.90 Å². The fourth-order valence-electron chi connectivity index (χ4n) is 1.09. The Morgan fingerprint density at radius 1 is 1.46 bits per heavy atom. The molecule has 1 aromatic carbocycles. The van der Waals surface area contributed by atoms with Crippen LogP contribution in [-0.4, -0.2) is 18.0 Å². The molecule has 2 nitrogen and oxygen atoms in total. The zero-order chi connectivity index (χ0) is 9.68. The highest BCUT2D eigenvalue weighted by atomic mass is 16.2. The van der Waals surface area contributed by atoms with Crippen molar-refractivity contribution in [2.24, 2.45) is 0 Å². The van der Waals surface area contributed by atoms with Gasteiger partial charge >= 0.3 is 0 Å². The van der Waals surface area contributed by atoms with E-state index in [1.54, 1.807) is 18.2 Å². The molecule has 1 aromatic rings. The molecular formula is C11H12O2. The van der Waals surface area contributed by atoms with Crippen LogP contribution < -0.4 is 0 Å². The van der Waals surface area contributed by atoms with E-state index in [9.17, 15) is 4.79 Å². The average molecular weight is 176 g/mol. The van der Waals surface area contributed by atoms with Crippen molar-refractivity contribution in [1.29, 1.82) is 0 Å². The van der Waals surface area contributed by atoms with Gasteiger partial charge in [0, 0.05) is 5.56 Å². The second-order valence-corrected chi connectivity index (χ2v) is 2.82. The topological polar surface area (TPSA) is 37.3 Å². The Labute approximate surface area is 77.5 Å². The Balaban J connectivity index is 3.03. The van der Waals surface area contributed by atoms with Gasteiger partial charge in [0.05, 0.1) is 6.61 Å². The van der Waals surface area contributed by atoms with Crippen LogP contribution in [-0.2, 0) is 0 Å². The van der Waals surface area contributed by atoms with Crippen molar-refractivity contribution in [3.05, 3.63) is 41.0 Å². The van der Waals surface area contributed by atoms with Gasteiger partial charge in [-0.3, -0.25) is 4.79 Å². The molecule has 0 saturated heterocycles. The maximum absolute atomic E-state index is 10.5. The smallest absolute Gasteiger partial charge is 0.150 e. The predicted octanol–water partition coefficient (Wildman–Crippen LogP) is 1.81. The summed E-state index contributed by atoms with van der Waals surface area (Å²) in [5.41, 5.74) is 2.72. The molecular weight excluding hydrogens is 164 g/mol. The monoisotopic (exact) mass is 176 g/mol. The van der Waals surface area contributed by atoms with Crippen LogP contribution >= 0.6 is 0 Å². The summed E-state index contributed by atoms with van der Waals surface area (Å²) in [5, 5.41) is 8.59. The van der Waals surface area contributed by atoms with Crippen molar-refractivity contribution in [2.45, 2.75) is 6.92 Å². The summed E-state index contributed by atoms with van der Waals surface area (Å²) in [4.78, 5) is 10.5. The summed E-state index contributed by atoms with van der Waals surface area (Å²) in [6.07, 6.45) is 4.27. The number of aliphatic hydroxyl groups is 1. The summed E-state index contributed by atoms with van der Waals surface area (Å²) >= 11 is 0. The molecule has 0 saturated carbocycles. The molecule has 0 atom stereocenters. The Morgan fingerprint density at radius 2 is 2.23 bits per heavy atom. The molecule has 0 unspecified atom stereocenters. The van der Waals surface area contributed by atoms with Gasteiger partial charge in [-0.2, -0.15) is 0 Å². The number of rotatable bonds is 3. The summed E-state index contributed by atoms with van der Waals surface area (Å²) in [7, 11) is 0. The van der Waals surface area contributed by atoms with Crippen molar-refractivity contribution in [3.8, 4) is 0 Å². The first kappa shape index (κ1) is 9.68. The van der Waals surface area contributed by atoms with Crippen LogP contribution in [0.5, 0.6) is 0 Å². The van der Waals surface area contributed by atoms with Gasteiger partial charge < -0.3 is 5.11 Å². The van der Waals surface area contributed by atoms with Crippen molar-refractivity contribution in [3.63, 3.8) is 0 Å². The van der Waals surface area contributed by atoms with E-state index in [4.69, 9.17) is 5.11 Å². The minimum absolute atomic E-state index is 0.0186. The van der Waals surface area contributed by atoms with Crippen LogP contribution in [0.4, 0.5) is 0 Å². The quantitative estimate of drug-likeness (QED) is 0.713. The first-order valence-electron chi connectivity index (χ1n) is 4.11. The third-order valence-electron chi connectivity index (χ3n) is 1.84. The van der Waals surface area contributed by atoms with E-state index in [0.717, 1.165) is 17.4 Å². The number of carbonyl (C=O) groups is 1. The minimum atomic E-state index is 0.0186. The Bertz CT molecular complexity index is 327. The molecule has 0 aliphatic heterocycles. The molecule has 0 fully saturated rings. The molecule has 0 bridgehead atoms. The average Bonchev–Trinajstić information content (AvgIpc) is 2.17. The number of aliphatic hydroxyl groups excluding tert-OH is 1. The maximum Gasteiger partial charge on any atom is 0.150 e. The van der Waals surface area contributed by atoms with E-state index in [0.29, 0.717) is 5.56 Å². The van der Waals surface area contributed by atoms with Crippen LogP contribution in [0.15, 0.2) is 24.3 Å². The Morgan fingerprint density at radius 3 is 2.85 bits per heavy atom. The molecule has 1 rings (SSSR count). The highest BCUT2D eigenvalue weighted by Crippen LogP contribution is 2.11. The van der Waals surface area contributed by atoms with E-state index >= 15 is 0 Å². The first-order chi connectivity index (χ1) is 6.27. The summed E-state index contributed by atoms with van der Waals surface area (Å²) in [6.45, 7) is 1.98. The number of carbonyl (C=O) groups excluding carboxylic acids is 1. The summed E-state index contributed by atoms with van der Waals surface area (Å²) in [6, 6.07) is 5.47. The van der Waals surface area contributed by atoms with E-state index < -0.39 is 0 Å². The third kappa shape index (κ3) is 2.53. The van der Waals surface area contributed by atoms with E-state index in [1.165, 1.54) is 0 Å². The number of aryl methyl sites for hydroxylation is 1. The lowest BCUT2D eigenvalue weighted by atomic mass is 10.1. The summed E-state index contributed by atoms with van der Waals surface area (Å²) in [5.74, 6) is 0. The van der Waals surface area contributed by atoms with Crippen molar-refractivity contribution in [2.75, 3.05) is 6.61 Å². The van der Waals surface area contributed by atoms with E-state index in [-0.39, 0.29) is 6.61 Å². The van der Waals surface area contributed by atoms with Crippen molar-refractivity contribution in [1.82, 2.24) is 0 Å². The highest BCUT2D eigenvalue weighted by Gasteiger charge is 1.95. The van der Waals surface area contributed by atoms with Gasteiger partial charge in [-0.15, -0.1) is 0 Å². The zero-order valence-electron chi connectivity index (χ0n) is 7.53. The molecule has 0 aliphatic carbocycles. The molecule has 1 N–H and O–H groups in total. The molecule has 68 valence electrons. The zero-order valence-corrected chi connectivity index (χ0v) is 7.53. The molecule has 0 aliphatic rings. The molecule has 0 amide bonds. The summed E-state index contributed by atoms with van der Waals surface area (Å²) < 4.78 is 0. The lowest BCUT2D eigenvalue weighted by Crippen LogP contribution is -1.85. The van der Waals surface area contributed by atoms with Crippen LogP contribution in [0.25, 0.3) is 6.08 Å². The van der Waals surface area contributed by atoms with Crippen molar-refractivity contribution >= 4 is 12.4 Å². The fourth-order valence-corrected chi connectivity index (χ4v) is 1.09. The molecule has 13 heavy (non-hydrogen) atoms. The third-order valence-corrected chi connectivity index (χ3v) is 1.84. The van der Waals surface area contributed by atoms with Crippen LogP contribution in [0.1, 0.15) is 21.5 Å². The van der Waals surface area contributed by atoms with Gasteiger partial charge in [0.2, 0.25) is 0 Å². The van der Waals surface area contributed by atoms with Gasteiger partial charge in [0.1, 0.15) is 6.29 Å². The number of aldehydes is 1. The predicted molar refractivity (Wildman–Crippen MR) is 52.7 cm³/mol. The fraction of sp³-hybridized carbons (Fsp3) is 0.182. The largest absolute Gasteiger partial charge is 0.392 e. The molecule has 0 radical (unpaired) electrons. The maximum atomic E-state index is 10.5. The molecule has 0 aromatic heterocycles. The highest BCUT2D eigenvalue weighted by molar-refractivity contribution is 5.76. The van der Waals surface area contributed by atoms with Gasteiger partial charge in [0.25, 0.3) is 0 Å². The van der Waals surface area contributed by atoms with Gasteiger partial charge in [-0.05, 0) is 24.1 Å². The normalized spacial score (nSPS) is 10.6. The minimum Gasteiger partial charge on any atom is -0.392 e. The van der Waals surface area contributed by atoms with Gasteiger partial charge in [-0.25, -0.2) is 0 Å². The van der Waals surface area contributed by atoms with E-state index in [2.05, 4.69) is 0 Å². The molecule has 2 heteroatoms. The second kappa shape index (κ2) is 4.58. The number of hydrogen-bond donors (Lipinski definition) is 1. The first-order valence-corrected chi connectivity index (χ1v) is 4.11. The number of benzene rings is 1. The van der Waals surface area contributed by atoms with Crippen LogP contribution in [0.3, 0.4) is 0 Å². The van der Waals surface area contributed by atoms with Crippen LogP contribution in [0, 0.1) is 6.92 Å². The Hall–Kier alpha value is -1.41. The SMILES string of the molecule is Cc1ccc(C=O)cc1C=CCO. The van der Waals surface area contributed by atoms with Gasteiger partial charge in [0.15, 0.2) is 0 Å². The lowest BCUT2D eigenvalue weighted by molar-refractivity contribution is 0.112. The Kier molecular flexibility index (Phi) is 3.41. The van der Waals surface area contributed by atoms with Crippen LogP contribution in [0.2, 0.25) is 0 Å². The van der Waals surface area contributed by atoms with Gasteiger partial charge in [-0.1, -0.05) is 24.3 Å². The van der Waals surface area contributed by atoms with E-state index in [1.807, 2.05) is 19.1 Å². The molecule has 0 spiro atoms. The lowest BCUT2D eigenvalue weighted by Gasteiger charge is -2.00. The second-order valence-electron chi connectivity index (χ2n) is 2.82. The number of hydrogen-bond acceptors (Lipinski definition) is 2. The standard InChI is InChI=1S/C11H12O2/c1-9-4-5-10(8-13)7-11(9)3-2-6-12/h2-5,7-8,12H,6H2,1H3.